The minimum atomic E-state index is -0.412. The van der Waals surface area contributed by atoms with Crippen molar-refractivity contribution in [1.29, 1.82) is 0 Å². The Labute approximate surface area is 131 Å². The highest BCUT2D eigenvalue weighted by molar-refractivity contribution is 5.96. The van der Waals surface area contributed by atoms with Crippen LogP contribution in [-0.2, 0) is 14.4 Å². The second kappa shape index (κ2) is 4.39. The number of Topliss-reactive ketones (excluding diaryl/α,β-unsaturated/α-hetero) is 3. The Balaban J connectivity index is 1.77. The zero-order chi connectivity index (χ0) is 15.7. The van der Waals surface area contributed by atoms with E-state index in [1.54, 1.807) is 0 Å². The number of ketones is 3. The van der Waals surface area contributed by atoms with E-state index in [0.717, 1.165) is 19.3 Å². The first-order valence-corrected chi connectivity index (χ1v) is 8.63. The van der Waals surface area contributed by atoms with Crippen LogP contribution in [0.4, 0.5) is 0 Å². The number of carbonyl (C=O) groups excluding carboxylic acids is 3. The third-order valence-corrected chi connectivity index (χ3v) is 7.34. The Morgan fingerprint density at radius 2 is 1.86 bits per heavy atom. The molecule has 0 unspecified atom stereocenters. The zero-order valence-corrected chi connectivity index (χ0v) is 13.5. The summed E-state index contributed by atoms with van der Waals surface area (Å²) in [5.41, 5.74) is 0.650. The first kappa shape index (κ1) is 14.3. The van der Waals surface area contributed by atoms with Gasteiger partial charge in [-0.25, -0.2) is 0 Å². The number of hydrogen-bond acceptors (Lipinski definition) is 3. The summed E-state index contributed by atoms with van der Waals surface area (Å²) in [7, 11) is 0. The van der Waals surface area contributed by atoms with E-state index in [1.165, 1.54) is 5.57 Å². The molecule has 3 fully saturated rings. The monoisotopic (exact) mass is 300 g/mol. The van der Waals surface area contributed by atoms with Crippen LogP contribution in [0.1, 0.15) is 58.8 Å². The van der Waals surface area contributed by atoms with Gasteiger partial charge < -0.3 is 0 Å². The quantitative estimate of drug-likeness (QED) is 0.645. The van der Waals surface area contributed by atoms with Gasteiger partial charge >= 0.3 is 0 Å². The smallest absolute Gasteiger partial charge is 0.139 e. The molecule has 0 bridgehead atoms. The summed E-state index contributed by atoms with van der Waals surface area (Å²) in [5, 5.41) is 0. The molecule has 22 heavy (non-hydrogen) atoms. The van der Waals surface area contributed by atoms with Crippen LogP contribution < -0.4 is 0 Å². The van der Waals surface area contributed by atoms with Crippen molar-refractivity contribution in [3.63, 3.8) is 0 Å². The van der Waals surface area contributed by atoms with Gasteiger partial charge in [0.2, 0.25) is 0 Å². The molecule has 4 aliphatic rings. The second-order valence-corrected chi connectivity index (χ2v) is 8.37. The highest BCUT2D eigenvalue weighted by Crippen LogP contribution is 2.62. The van der Waals surface area contributed by atoms with Gasteiger partial charge in [-0.05, 0) is 36.5 Å². The van der Waals surface area contributed by atoms with Crippen molar-refractivity contribution in [3.05, 3.63) is 11.6 Å². The van der Waals surface area contributed by atoms with Gasteiger partial charge in [0.05, 0.1) is 0 Å². The minimum absolute atomic E-state index is 0.0320. The highest BCUT2D eigenvalue weighted by Gasteiger charge is 2.61. The van der Waals surface area contributed by atoms with E-state index in [-0.39, 0.29) is 17.1 Å². The maximum Gasteiger partial charge on any atom is 0.139 e. The fraction of sp³-hybridized carbons (Fsp3) is 0.737. The Morgan fingerprint density at radius 1 is 1.09 bits per heavy atom. The van der Waals surface area contributed by atoms with E-state index < -0.39 is 5.41 Å². The number of rotatable bonds is 0. The molecule has 3 nitrogen and oxygen atoms in total. The lowest BCUT2D eigenvalue weighted by Crippen LogP contribution is -2.54. The molecule has 118 valence electrons. The second-order valence-electron chi connectivity index (χ2n) is 8.37. The predicted octanol–water partition coefficient (Wildman–Crippen LogP) is 3.27. The van der Waals surface area contributed by atoms with Crippen molar-refractivity contribution in [2.45, 2.75) is 58.8 Å². The Kier molecular flexibility index (Phi) is 2.87. The van der Waals surface area contributed by atoms with Crippen molar-refractivity contribution in [2.75, 3.05) is 0 Å². The molecule has 0 saturated heterocycles. The topological polar surface area (TPSA) is 51.2 Å². The fourth-order valence-corrected chi connectivity index (χ4v) is 6.09. The number of fused-ring (bicyclic) bond motifs is 5. The standard InChI is InChI=1S/C19H24O3/c1-18-8-7-12(20)9-11(18)3-4-13-14-5-6-16(22)19(14,2)10-15(21)17(13)18/h3,13-14,17H,4-10H2,1-2H3/t13-,14-,17-,18-,19-/m0/s1. The molecule has 0 aromatic carbocycles. The van der Waals surface area contributed by atoms with Crippen molar-refractivity contribution in [1.82, 2.24) is 0 Å². The van der Waals surface area contributed by atoms with E-state index in [0.29, 0.717) is 49.1 Å². The van der Waals surface area contributed by atoms with Crippen LogP contribution in [0.3, 0.4) is 0 Å². The molecule has 0 amide bonds. The average Bonchev–Trinajstić information content (AvgIpc) is 2.75. The van der Waals surface area contributed by atoms with Gasteiger partial charge in [0.25, 0.3) is 0 Å². The number of hydrogen-bond donors (Lipinski definition) is 0. The molecule has 5 atom stereocenters. The zero-order valence-electron chi connectivity index (χ0n) is 13.5. The van der Waals surface area contributed by atoms with Gasteiger partial charge in [0.1, 0.15) is 17.3 Å². The van der Waals surface area contributed by atoms with Crippen LogP contribution in [0, 0.1) is 28.6 Å². The van der Waals surface area contributed by atoms with E-state index in [2.05, 4.69) is 13.0 Å². The molecular weight excluding hydrogens is 276 g/mol. The molecule has 3 saturated carbocycles. The first-order valence-electron chi connectivity index (χ1n) is 8.63. The van der Waals surface area contributed by atoms with E-state index in [9.17, 15) is 14.4 Å². The summed E-state index contributed by atoms with van der Waals surface area (Å²) < 4.78 is 0. The van der Waals surface area contributed by atoms with Crippen LogP contribution in [0.5, 0.6) is 0 Å². The normalized spacial score (nSPS) is 47.6. The maximum atomic E-state index is 13.0. The molecule has 0 spiro atoms. The molecule has 0 N–H and O–H groups in total. The lowest BCUT2D eigenvalue weighted by molar-refractivity contribution is -0.149. The van der Waals surface area contributed by atoms with Gasteiger partial charge in [0.15, 0.2) is 0 Å². The molecule has 0 heterocycles. The first-order chi connectivity index (χ1) is 10.4. The molecule has 4 rings (SSSR count). The van der Waals surface area contributed by atoms with Gasteiger partial charge in [-0.1, -0.05) is 25.5 Å². The largest absolute Gasteiger partial charge is 0.299 e. The van der Waals surface area contributed by atoms with Gasteiger partial charge in [-0.3, -0.25) is 14.4 Å². The summed E-state index contributed by atoms with van der Waals surface area (Å²) in [6.07, 6.45) is 7.07. The minimum Gasteiger partial charge on any atom is -0.299 e. The summed E-state index contributed by atoms with van der Waals surface area (Å²) in [6.45, 7) is 4.21. The van der Waals surface area contributed by atoms with Gasteiger partial charge in [0, 0.05) is 37.0 Å². The average molecular weight is 300 g/mol. The Morgan fingerprint density at radius 3 is 2.64 bits per heavy atom. The highest BCUT2D eigenvalue weighted by atomic mass is 16.1. The van der Waals surface area contributed by atoms with E-state index >= 15 is 0 Å². The SMILES string of the molecule is C[C@]12CCC(=O)CC1=CC[C@@H]1[C@H]2C(=O)C[C@]2(C)C(=O)CC[C@@H]12. The van der Waals surface area contributed by atoms with E-state index in [1.807, 2.05) is 6.92 Å². The van der Waals surface area contributed by atoms with Crippen LogP contribution in [0.15, 0.2) is 11.6 Å². The van der Waals surface area contributed by atoms with Gasteiger partial charge in [-0.15, -0.1) is 0 Å². The van der Waals surface area contributed by atoms with Crippen molar-refractivity contribution in [3.8, 4) is 0 Å². The Hall–Kier alpha value is -1.25. The molecule has 4 aliphatic carbocycles. The molecular formula is C19H24O3. The summed E-state index contributed by atoms with van der Waals surface area (Å²) in [6, 6.07) is 0. The molecule has 3 heteroatoms. The molecule has 0 aromatic rings. The number of allylic oxidation sites excluding steroid dienone is 2. The summed E-state index contributed by atoms with van der Waals surface area (Å²) in [4.78, 5) is 37.2. The van der Waals surface area contributed by atoms with Crippen LogP contribution >= 0.6 is 0 Å². The number of carbonyl (C=O) groups is 3. The summed E-state index contributed by atoms with van der Waals surface area (Å²) >= 11 is 0. The lowest BCUT2D eigenvalue weighted by Gasteiger charge is -2.54. The molecule has 0 radical (unpaired) electrons. The van der Waals surface area contributed by atoms with Crippen LogP contribution in [-0.4, -0.2) is 17.3 Å². The van der Waals surface area contributed by atoms with Gasteiger partial charge in [-0.2, -0.15) is 0 Å². The maximum absolute atomic E-state index is 13.0. The van der Waals surface area contributed by atoms with E-state index in [4.69, 9.17) is 0 Å². The fourth-order valence-electron chi connectivity index (χ4n) is 6.09. The summed E-state index contributed by atoms with van der Waals surface area (Å²) in [5.74, 6) is 1.58. The molecule has 0 aromatic heterocycles. The predicted molar refractivity (Wildman–Crippen MR) is 82.1 cm³/mol. The van der Waals surface area contributed by atoms with Crippen LogP contribution in [0.25, 0.3) is 0 Å². The van der Waals surface area contributed by atoms with Crippen molar-refractivity contribution < 1.29 is 14.4 Å². The molecule has 0 aliphatic heterocycles. The third-order valence-electron chi connectivity index (χ3n) is 7.34. The lowest BCUT2D eigenvalue weighted by atomic mass is 9.47. The Bertz CT molecular complexity index is 616. The third kappa shape index (κ3) is 1.65. The van der Waals surface area contributed by atoms with Crippen molar-refractivity contribution >= 4 is 17.3 Å². The van der Waals surface area contributed by atoms with Crippen molar-refractivity contribution in [2.24, 2.45) is 28.6 Å². The van der Waals surface area contributed by atoms with Crippen LogP contribution in [0.2, 0.25) is 0 Å².